The largest absolute Gasteiger partial charge is 0.308 e. The monoisotopic (exact) mass is 502 g/mol. The number of nitrogens with zero attached hydrogens (tertiary/aromatic N) is 4. The minimum atomic E-state index is -2.44. The number of fused-ring (bicyclic) bond motifs is 5. The van der Waals surface area contributed by atoms with Crippen molar-refractivity contribution in [3.63, 3.8) is 0 Å². The lowest BCUT2D eigenvalue weighted by Crippen LogP contribution is -2.28. The van der Waals surface area contributed by atoms with E-state index in [1.165, 1.54) is 23.5 Å². The summed E-state index contributed by atoms with van der Waals surface area (Å²) in [5, 5.41) is 9.74. The molecule has 11 heteroatoms. The zero-order chi connectivity index (χ0) is 23.6. The summed E-state index contributed by atoms with van der Waals surface area (Å²) in [5.74, 6) is -0.180. The minimum absolute atomic E-state index is 0.165. The molecule has 0 unspecified atom stereocenters. The molecular formula is C23H18ClF3N6S. The zero-order valence-corrected chi connectivity index (χ0v) is 19.4. The third-order valence-corrected chi connectivity index (χ3v) is 7.81. The number of halogens is 4. The van der Waals surface area contributed by atoms with Crippen LogP contribution >= 0.6 is 22.9 Å². The number of benzene rings is 1. The van der Waals surface area contributed by atoms with Gasteiger partial charge in [-0.3, -0.25) is 15.0 Å². The number of aromatic nitrogens is 3. The lowest BCUT2D eigenvalue weighted by atomic mass is 9.97. The predicted molar refractivity (Wildman–Crippen MR) is 125 cm³/mol. The summed E-state index contributed by atoms with van der Waals surface area (Å²) < 4.78 is 44.3. The smallest absolute Gasteiger partial charge is 0.242 e. The molecule has 0 saturated heterocycles. The number of rotatable bonds is 3. The Morgan fingerprint density at radius 2 is 2.06 bits per heavy atom. The first-order valence-electron chi connectivity index (χ1n) is 10.7. The van der Waals surface area contributed by atoms with Crippen LogP contribution in [0.3, 0.4) is 0 Å². The molecule has 0 amide bonds. The molecule has 2 aromatic heterocycles. The minimum Gasteiger partial charge on any atom is -0.308 e. The maximum atomic E-state index is 15.1. The maximum absolute atomic E-state index is 15.1. The molecule has 6 nitrogen and oxygen atoms in total. The SMILES string of the molecule is C[C@@H]1N=C(c2c(F)cccc2Cl)c2c(sc3c2C[C@@H](C(F)F)C3)-n2c(C3=CC=CNN3)nnc21. The summed E-state index contributed by atoms with van der Waals surface area (Å²) in [5.41, 5.74) is 8.60. The third kappa shape index (κ3) is 3.19. The van der Waals surface area contributed by atoms with E-state index in [4.69, 9.17) is 16.6 Å². The Kier molecular flexibility index (Phi) is 5.03. The van der Waals surface area contributed by atoms with Gasteiger partial charge in [-0.25, -0.2) is 13.2 Å². The molecular weight excluding hydrogens is 485 g/mol. The topological polar surface area (TPSA) is 67.1 Å². The summed E-state index contributed by atoms with van der Waals surface area (Å²) in [7, 11) is 0. The van der Waals surface area contributed by atoms with Gasteiger partial charge < -0.3 is 5.43 Å². The van der Waals surface area contributed by atoms with Gasteiger partial charge in [0.2, 0.25) is 6.43 Å². The molecule has 2 N–H and O–H groups in total. The van der Waals surface area contributed by atoms with Crippen molar-refractivity contribution in [2.75, 3.05) is 0 Å². The van der Waals surface area contributed by atoms with Crippen LogP contribution in [0.15, 0.2) is 41.5 Å². The number of thiophene rings is 1. The van der Waals surface area contributed by atoms with E-state index >= 15 is 4.39 Å². The van der Waals surface area contributed by atoms with Gasteiger partial charge in [0.25, 0.3) is 0 Å². The van der Waals surface area contributed by atoms with E-state index in [-0.39, 0.29) is 23.4 Å². The molecule has 1 aromatic carbocycles. The van der Waals surface area contributed by atoms with Crippen molar-refractivity contribution >= 4 is 34.3 Å². The molecule has 2 atom stereocenters. The first-order chi connectivity index (χ1) is 16.4. The highest BCUT2D eigenvalue weighted by atomic mass is 35.5. The molecule has 0 saturated carbocycles. The molecule has 2 aliphatic heterocycles. The molecule has 174 valence electrons. The van der Waals surface area contributed by atoms with Crippen molar-refractivity contribution in [2.24, 2.45) is 10.9 Å². The molecule has 3 aromatic rings. The van der Waals surface area contributed by atoms with Crippen LogP contribution in [0.1, 0.15) is 46.2 Å². The van der Waals surface area contributed by atoms with Gasteiger partial charge in [-0.15, -0.1) is 21.5 Å². The normalized spacial score (nSPS) is 20.6. The molecule has 4 heterocycles. The molecule has 0 fully saturated rings. The van der Waals surface area contributed by atoms with Crippen molar-refractivity contribution in [3.05, 3.63) is 80.6 Å². The number of hydrogen-bond donors (Lipinski definition) is 2. The molecule has 3 aliphatic rings. The fourth-order valence-corrected chi connectivity index (χ4v) is 6.37. The molecule has 34 heavy (non-hydrogen) atoms. The summed E-state index contributed by atoms with van der Waals surface area (Å²) >= 11 is 7.86. The zero-order valence-electron chi connectivity index (χ0n) is 17.8. The van der Waals surface area contributed by atoms with Crippen molar-refractivity contribution in [2.45, 2.75) is 32.2 Å². The second-order valence-electron chi connectivity index (χ2n) is 8.36. The van der Waals surface area contributed by atoms with E-state index in [9.17, 15) is 8.78 Å². The lowest BCUT2D eigenvalue weighted by Gasteiger charge is -2.16. The second kappa shape index (κ2) is 7.99. The van der Waals surface area contributed by atoms with Crippen LogP contribution in [0.2, 0.25) is 5.02 Å². The van der Waals surface area contributed by atoms with Crippen LogP contribution < -0.4 is 10.9 Å². The average molecular weight is 503 g/mol. The predicted octanol–water partition coefficient (Wildman–Crippen LogP) is 4.98. The highest BCUT2D eigenvalue weighted by molar-refractivity contribution is 7.15. The Balaban J connectivity index is 1.63. The van der Waals surface area contributed by atoms with E-state index in [1.807, 2.05) is 23.6 Å². The van der Waals surface area contributed by atoms with Crippen molar-refractivity contribution in [1.29, 1.82) is 0 Å². The first-order valence-corrected chi connectivity index (χ1v) is 11.9. The van der Waals surface area contributed by atoms with Gasteiger partial charge in [-0.2, -0.15) is 0 Å². The highest BCUT2D eigenvalue weighted by Gasteiger charge is 2.39. The van der Waals surface area contributed by atoms with Gasteiger partial charge in [-0.1, -0.05) is 17.7 Å². The fourth-order valence-electron chi connectivity index (χ4n) is 4.69. The number of allylic oxidation sites excluding steroid dienone is 2. The van der Waals surface area contributed by atoms with Crippen LogP contribution in [0.25, 0.3) is 10.7 Å². The summed E-state index contributed by atoms with van der Waals surface area (Å²) in [6.45, 7) is 1.85. The standard InChI is InChI=1S/C23H18ClF3N6S/c1-10-21-31-32-22(15-6-3-7-28-30-15)33(21)23-17(12-8-11(20(26)27)9-16(12)34-23)19(29-10)18-13(24)4-2-5-14(18)25/h2-7,10-11,20,28,30H,8-9H2,1H3/t10-,11+/m0/s1. The van der Waals surface area contributed by atoms with Gasteiger partial charge >= 0.3 is 0 Å². The van der Waals surface area contributed by atoms with Crippen molar-refractivity contribution in [1.82, 2.24) is 25.6 Å². The fraction of sp³-hybridized carbons (Fsp3) is 0.261. The van der Waals surface area contributed by atoms with Gasteiger partial charge in [0, 0.05) is 22.6 Å². The van der Waals surface area contributed by atoms with Crippen molar-refractivity contribution in [3.8, 4) is 5.00 Å². The van der Waals surface area contributed by atoms with E-state index < -0.39 is 24.2 Å². The first kappa shape index (κ1) is 21.4. The molecule has 0 radical (unpaired) electrons. The summed E-state index contributed by atoms with van der Waals surface area (Å²) in [6, 6.07) is 3.98. The number of hydrazine groups is 1. The Hall–Kier alpha value is -3.11. The Bertz CT molecular complexity index is 1390. The quantitative estimate of drug-likeness (QED) is 0.530. The number of nitrogens with one attached hydrogen (secondary N) is 2. The molecule has 6 rings (SSSR count). The number of aliphatic imine (C=N–C) groups is 1. The summed E-state index contributed by atoms with van der Waals surface area (Å²) in [6.07, 6.45) is 3.44. The van der Waals surface area contributed by atoms with Crippen LogP contribution in [-0.4, -0.2) is 26.9 Å². The Morgan fingerprint density at radius 3 is 2.79 bits per heavy atom. The van der Waals surface area contributed by atoms with Gasteiger partial charge in [-0.05, 0) is 49.6 Å². The average Bonchev–Trinajstić information content (AvgIpc) is 3.49. The number of alkyl halides is 2. The summed E-state index contributed by atoms with van der Waals surface area (Å²) in [4.78, 5) is 5.69. The van der Waals surface area contributed by atoms with Crippen LogP contribution in [0.5, 0.6) is 0 Å². The maximum Gasteiger partial charge on any atom is 0.242 e. The lowest BCUT2D eigenvalue weighted by molar-refractivity contribution is 0.0826. The molecule has 0 bridgehead atoms. The van der Waals surface area contributed by atoms with E-state index in [0.29, 0.717) is 28.6 Å². The molecule has 0 spiro atoms. The Morgan fingerprint density at radius 1 is 1.21 bits per heavy atom. The van der Waals surface area contributed by atoms with Crippen LogP contribution in [-0.2, 0) is 12.8 Å². The van der Waals surface area contributed by atoms with Gasteiger partial charge in [0.15, 0.2) is 11.6 Å². The van der Waals surface area contributed by atoms with E-state index in [2.05, 4.69) is 21.0 Å². The highest BCUT2D eigenvalue weighted by Crippen LogP contribution is 2.46. The van der Waals surface area contributed by atoms with E-state index in [0.717, 1.165) is 15.4 Å². The Labute approximate surface area is 201 Å². The van der Waals surface area contributed by atoms with Gasteiger partial charge in [0.1, 0.15) is 16.9 Å². The van der Waals surface area contributed by atoms with Crippen molar-refractivity contribution < 1.29 is 13.2 Å². The van der Waals surface area contributed by atoms with Crippen LogP contribution in [0.4, 0.5) is 13.2 Å². The third-order valence-electron chi connectivity index (χ3n) is 6.26. The molecule has 1 aliphatic carbocycles. The number of hydrogen-bond acceptors (Lipinski definition) is 6. The second-order valence-corrected chi connectivity index (χ2v) is 9.85. The van der Waals surface area contributed by atoms with Crippen LogP contribution in [0, 0.1) is 11.7 Å². The van der Waals surface area contributed by atoms with E-state index in [1.54, 1.807) is 12.3 Å². The van der Waals surface area contributed by atoms with Gasteiger partial charge in [0.05, 0.1) is 22.0 Å².